The Balaban J connectivity index is 2.10. The third kappa shape index (κ3) is 3.50. The highest BCUT2D eigenvalue weighted by molar-refractivity contribution is 5.82. The van der Waals surface area contributed by atoms with Gasteiger partial charge in [0, 0.05) is 29.9 Å². The van der Waals surface area contributed by atoms with E-state index in [2.05, 4.69) is 0 Å². The van der Waals surface area contributed by atoms with Gasteiger partial charge in [0.1, 0.15) is 5.82 Å². The first kappa shape index (κ1) is 16.6. The van der Waals surface area contributed by atoms with E-state index in [1.54, 1.807) is 18.2 Å². The number of hydrogen-bond donors (Lipinski definition) is 0. The van der Waals surface area contributed by atoms with Crippen LogP contribution in [0.2, 0.25) is 0 Å². The molecular formula is C20H17FN2O2. The maximum Gasteiger partial charge on any atom is 0.269 e. The second kappa shape index (κ2) is 7.13. The Hall–Kier alpha value is -3.21. The zero-order chi connectivity index (χ0) is 17.8. The van der Waals surface area contributed by atoms with Crippen molar-refractivity contribution in [1.29, 1.82) is 0 Å². The monoisotopic (exact) mass is 336 g/mol. The van der Waals surface area contributed by atoms with Crippen molar-refractivity contribution in [2.24, 2.45) is 0 Å². The molecule has 126 valence electrons. The van der Waals surface area contributed by atoms with Crippen LogP contribution in [-0.2, 0) is 0 Å². The van der Waals surface area contributed by atoms with Gasteiger partial charge in [0.05, 0.1) is 10.6 Å². The van der Waals surface area contributed by atoms with Gasteiger partial charge in [0.15, 0.2) is 0 Å². The first-order chi connectivity index (χ1) is 12.1. The van der Waals surface area contributed by atoms with Crippen LogP contribution >= 0.6 is 0 Å². The van der Waals surface area contributed by atoms with Crippen molar-refractivity contribution in [3.8, 4) is 11.1 Å². The lowest BCUT2D eigenvalue weighted by Gasteiger charge is -2.26. The highest BCUT2D eigenvalue weighted by Crippen LogP contribution is 2.36. The Kier molecular flexibility index (Phi) is 4.75. The van der Waals surface area contributed by atoms with Crippen LogP contribution in [0.4, 0.5) is 21.5 Å². The molecule has 5 heteroatoms. The molecule has 0 bridgehead atoms. The lowest BCUT2D eigenvalue weighted by atomic mass is 10.0. The molecule has 0 fully saturated rings. The number of nitrogens with zero attached hydrogens (tertiary/aromatic N) is 2. The molecule has 0 aromatic heterocycles. The van der Waals surface area contributed by atoms with E-state index in [4.69, 9.17) is 0 Å². The van der Waals surface area contributed by atoms with Crippen molar-refractivity contribution in [2.45, 2.75) is 6.92 Å². The molecule has 0 aliphatic carbocycles. The minimum Gasteiger partial charge on any atom is -0.341 e. The summed E-state index contributed by atoms with van der Waals surface area (Å²) in [6.45, 7) is 2.66. The number of non-ortho nitro benzene ring substituents is 1. The molecule has 0 unspecified atom stereocenters. The van der Waals surface area contributed by atoms with Crippen molar-refractivity contribution in [3.05, 3.63) is 88.7 Å². The van der Waals surface area contributed by atoms with Gasteiger partial charge in [-0.15, -0.1) is 0 Å². The molecule has 0 heterocycles. The number of hydrogen-bond acceptors (Lipinski definition) is 3. The maximum absolute atomic E-state index is 13.9. The summed E-state index contributed by atoms with van der Waals surface area (Å²) in [4.78, 5) is 12.4. The smallest absolute Gasteiger partial charge is 0.269 e. The normalized spacial score (nSPS) is 10.5. The van der Waals surface area contributed by atoms with Crippen LogP contribution < -0.4 is 4.90 Å². The van der Waals surface area contributed by atoms with Gasteiger partial charge in [-0.3, -0.25) is 10.1 Å². The molecule has 0 radical (unpaired) electrons. The summed E-state index contributed by atoms with van der Waals surface area (Å²) in [6, 6.07) is 20.6. The average Bonchev–Trinajstić information content (AvgIpc) is 2.63. The number of para-hydroxylation sites is 1. The van der Waals surface area contributed by atoms with Crippen LogP contribution in [0.15, 0.2) is 72.8 Å². The zero-order valence-corrected chi connectivity index (χ0v) is 13.7. The first-order valence-electron chi connectivity index (χ1n) is 7.97. The molecule has 0 amide bonds. The van der Waals surface area contributed by atoms with Gasteiger partial charge < -0.3 is 4.90 Å². The fourth-order valence-corrected chi connectivity index (χ4v) is 2.83. The lowest BCUT2D eigenvalue weighted by molar-refractivity contribution is -0.384. The summed E-state index contributed by atoms with van der Waals surface area (Å²) >= 11 is 0. The summed E-state index contributed by atoms with van der Waals surface area (Å²) in [5.41, 5.74) is 3.33. The molecule has 0 aliphatic heterocycles. The van der Waals surface area contributed by atoms with E-state index in [0.29, 0.717) is 6.54 Å². The molecule has 25 heavy (non-hydrogen) atoms. The lowest BCUT2D eigenvalue weighted by Crippen LogP contribution is -2.17. The van der Waals surface area contributed by atoms with Crippen molar-refractivity contribution < 1.29 is 9.31 Å². The number of nitro groups is 1. The molecule has 3 rings (SSSR count). The molecule has 0 saturated carbocycles. The number of nitro benzene ring substituents is 1. The highest BCUT2D eigenvalue weighted by atomic mass is 19.1. The molecule has 0 N–H and O–H groups in total. The van der Waals surface area contributed by atoms with E-state index in [1.807, 2.05) is 42.2 Å². The Morgan fingerprint density at radius 3 is 2.28 bits per heavy atom. The van der Waals surface area contributed by atoms with Crippen LogP contribution in [-0.4, -0.2) is 11.5 Å². The number of benzene rings is 3. The fourth-order valence-electron chi connectivity index (χ4n) is 2.83. The maximum atomic E-state index is 13.9. The van der Waals surface area contributed by atoms with Gasteiger partial charge in [-0.25, -0.2) is 4.39 Å². The fraction of sp³-hybridized carbons (Fsp3) is 0.100. The van der Waals surface area contributed by atoms with Gasteiger partial charge in [0.2, 0.25) is 0 Å². The van der Waals surface area contributed by atoms with Crippen LogP contribution in [0.3, 0.4) is 0 Å². The molecule has 0 atom stereocenters. The van der Waals surface area contributed by atoms with Crippen LogP contribution in [0.5, 0.6) is 0 Å². The summed E-state index contributed by atoms with van der Waals surface area (Å²) < 4.78 is 13.9. The minimum absolute atomic E-state index is 0.0304. The molecule has 0 aliphatic rings. The average molecular weight is 336 g/mol. The molecule has 4 nitrogen and oxygen atoms in total. The van der Waals surface area contributed by atoms with E-state index < -0.39 is 4.92 Å². The predicted molar refractivity (Wildman–Crippen MR) is 97.6 cm³/mol. The van der Waals surface area contributed by atoms with E-state index in [-0.39, 0.29) is 11.5 Å². The van der Waals surface area contributed by atoms with Gasteiger partial charge in [-0.1, -0.05) is 18.2 Å². The van der Waals surface area contributed by atoms with Crippen molar-refractivity contribution in [2.75, 3.05) is 11.4 Å². The summed E-state index contributed by atoms with van der Waals surface area (Å²) in [6.07, 6.45) is 0. The Morgan fingerprint density at radius 2 is 1.68 bits per heavy atom. The van der Waals surface area contributed by atoms with E-state index in [9.17, 15) is 14.5 Å². The van der Waals surface area contributed by atoms with Crippen molar-refractivity contribution in [3.63, 3.8) is 0 Å². The topological polar surface area (TPSA) is 46.4 Å². The van der Waals surface area contributed by atoms with Crippen LogP contribution in [0.1, 0.15) is 6.92 Å². The van der Waals surface area contributed by atoms with Crippen molar-refractivity contribution in [1.82, 2.24) is 0 Å². The first-order valence-corrected chi connectivity index (χ1v) is 7.97. The Bertz CT molecular complexity index is 880. The predicted octanol–water partition coefficient (Wildman–Crippen LogP) is 5.56. The van der Waals surface area contributed by atoms with Crippen molar-refractivity contribution >= 4 is 17.1 Å². The Morgan fingerprint density at radius 1 is 1.00 bits per heavy atom. The minimum atomic E-state index is -0.433. The van der Waals surface area contributed by atoms with Crippen LogP contribution in [0, 0.1) is 15.9 Å². The van der Waals surface area contributed by atoms with Gasteiger partial charge in [-0.05, 0) is 55.0 Å². The standard InChI is InChI=1S/C20H17FN2O2/c1-2-22(17-6-4-3-5-7-17)20-14-16(21)10-13-19(20)15-8-11-18(12-9-15)23(24)25/h3-14H,2H2,1H3. The number of rotatable bonds is 5. The molecule has 0 spiro atoms. The second-order valence-corrected chi connectivity index (χ2v) is 5.55. The second-order valence-electron chi connectivity index (χ2n) is 5.55. The largest absolute Gasteiger partial charge is 0.341 e. The number of halogens is 1. The highest BCUT2D eigenvalue weighted by Gasteiger charge is 2.15. The number of anilines is 2. The zero-order valence-electron chi connectivity index (χ0n) is 13.7. The quantitative estimate of drug-likeness (QED) is 0.453. The van der Waals surface area contributed by atoms with Crippen LogP contribution in [0.25, 0.3) is 11.1 Å². The van der Waals surface area contributed by atoms with Gasteiger partial charge in [0.25, 0.3) is 5.69 Å². The van der Waals surface area contributed by atoms with E-state index >= 15 is 0 Å². The Labute approximate surface area is 145 Å². The van der Waals surface area contributed by atoms with E-state index in [1.165, 1.54) is 24.3 Å². The van der Waals surface area contributed by atoms with E-state index in [0.717, 1.165) is 22.5 Å². The summed E-state index contributed by atoms with van der Waals surface area (Å²) in [7, 11) is 0. The van der Waals surface area contributed by atoms with Gasteiger partial charge in [-0.2, -0.15) is 0 Å². The molecule has 0 saturated heterocycles. The molecule has 3 aromatic carbocycles. The SMILES string of the molecule is CCN(c1ccccc1)c1cc(F)ccc1-c1ccc([N+](=O)[O-])cc1. The summed E-state index contributed by atoms with van der Waals surface area (Å²) in [5.74, 6) is -0.324. The third-order valence-corrected chi connectivity index (χ3v) is 4.02. The third-order valence-electron chi connectivity index (χ3n) is 4.02. The molecular weight excluding hydrogens is 319 g/mol. The summed E-state index contributed by atoms with van der Waals surface area (Å²) in [5, 5.41) is 10.8. The molecule has 3 aromatic rings. The van der Waals surface area contributed by atoms with Gasteiger partial charge >= 0.3 is 0 Å².